The van der Waals surface area contributed by atoms with Gasteiger partial charge >= 0.3 is 5.97 Å². The number of fused-ring (bicyclic) bond motifs is 3. The predicted octanol–water partition coefficient (Wildman–Crippen LogP) is 4.59. The Labute approximate surface area is 226 Å². The van der Waals surface area contributed by atoms with Crippen LogP contribution < -0.4 is 0 Å². The second-order valence-electron chi connectivity index (χ2n) is 10.1. The Kier molecular flexibility index (Phi) is 7.20. The van der Waals surface area contributed by atoms with E-state index in [0.717, 1.165) is 28.4 Å². The van der Waals surface area contributed by atoms with Gasteiger partial charge in [-0.1, -0.05) is 5.16 Å². The van der Waals surface area contributed by atoms with Crippen molar-refractivity contribution in [3.8, 4) is 0 Å². The number of ether oxygens (including phenoxy) is 1. The number of ketones is 2. The second kappa shape index (κ2) is 10.6. The maximum atomic E-state index is 13.7. The first-order valence-corrected chi connectivity index (χ1v) is 13.1. The number of aromatic amines is 1. The number of hydrogen-bond acceptors (Lipinski definition) is 7. The van der Waals surface area contributed by atoms with E-state index < -0.39 is 17.3 Å². The summed E-state index contributed by atoms with van der Waals surface area (Å²) in [6, 6.07) is 14.7. The first kappa shape index (κ1) is 26.5. The van der Waals surface area contributed by atoms with Gasteiger partial charge in [0.1, 0.15) is 0 Å². The van der Waals surface area contributed by atoms with Gasteiger partial charge in [0.25, 0.3) is 0 Å². The maximum absolute atomic E-state index is 13.7. The van der Waals surface area contributed by atoms with Crippen molar-refractivity contribution in [2.45, 2.75) is 39.8 Å². The van der Waals surface area contributed by atoms with Crippen LogP contribution in [0.25, 0.3) is 21.8 Å². The van der Waals surface area contributed by atoms with Crippen LogP contribution in [0, 0.1) is 0 Å². The summed E-state index contributed by atoms with van der Waals surface area (Å²) < 4.78 is 7.65. The molecular weight excluding hydrogens is 496 g/mol. The fraction of sp³-hybridized carbons (Fsp3) is 0.333. The summed E-state index contributed by atoms with van der Waals surface area (Å²) in [6.45, 7) is 10.6. The third-order valence-electron chi connectivity index (χ3n) is 7.40. The molecule has 0 aliphatic carbocycles. The molecule has 0 amide bonds. The van der Waals surface area contributed by atoms with E-state index in [1.807, 2.05) is 44.2 Å². The van der Waals surface area contributed by atoms with Gasteiger partial charge in [-0.2, -0.15) is 0 Å². The van der Waals surface area contributed by atoms with Gasteiger partial charge in [0.05, 0.1) is 24.4 Å². The molecule has 0 saturated carbocycles. The zero-order valence-corrected chi connectivity index (χ0v) is 22.6. The molecule has 9 nitrogen and oxygen atoms in total. The van der Waals surface area contributed by atoms with Crippen LogP contribution in [0.15, 0.2) is 59.9 Å². The highest BCUT2D eigenvalue weighted by Gasteiger charge is 2.36. The van der Waals surface area contributed by atoms with Gasteiger partial charge in [0.2, 0.25) is 5.78 Å². The van der Waals surface area contributed by atoms with Crippen LogP contribution >= 0.6 is 0 Å². The lowest BCUT2D eigenvalue weighted by atomic mass is 9.90. The zero-order valence-electron chi connectivity index (χ0n) is 22.6. The van der Waals surface area contributed by atoms with Gasteiger partial charge in [-0.15, -0.1) is 0 Å². The smallest absolute Gasteiger partial charge is 0.332 e. The number of nitrogens with zero attached hydrogens (tertiary/aromatic N) is 3. The topological polar surface area (TPSA) is 106 Å². The Hall–Kier alpha value is -4.08. The molecule has 9 heteroatoms. The average Bonchev–Trinajstić information content (AvgIpc) is 3.58. The van der Waals surface area contributed by atoms with Crippen LogP contribution in [0.3, 0.4) is 0 Å². The number of carbonyl (C=O) groups excluding carboxylic acids is 3. The molecule has 0 spiro atoms. The Morgan fingerprint density at radius 3 is 2.23 bits per heavy atom. The van der Waals surface area contributed by atoms with Gasteiger partial charge in [0.15, 0.2) is 11.5 Å². The fourth-order valence-electron chi connectivity index (χ4n) is 5.28. The van der Waals surface area contributed by atoms with Crippen LogP contribution in [0.5, 0.6) is 0 Å². The lowest BCUT2D eigenvalue weighted by Crippen LogP contribution is -2.54. The monoisotopic (exact) mass is 528 g/mol. The first-order valence-electron chi connectivity index (χ1n) is 13.1. The summed E-state index contributed by atoms with van der Waals surface area (Å²) in [6.07, 6.45) is 1.67. The van der Waals surface area contributed by atoms with Gasteiger partial charge in [-0.05, 0) is 69.3 Å². The number of oxime groups is 1. The minimum Gasteiger partial charge on any atom is -0.379 e. The number of Topliss-reactive ketones (excluding diaryl/α,β-unsaturated/α-hetero) is 2. The number of H-pyrrole nitrogens is 1. The van der Waals surface area contributed by atoms with Crippen LogP contribution in [-0.4, -0.2) is 69.5 Å². The van der Waals surface area contributed by atoms with Crippen molar-refractivity contribution in [3.63, 3.8) is 0 Å². The molecule has 1 saturated heterocycles. The molecule has 2 aromatic heterocycles. The second-order valence-corrected chi connectivity index (χ2v) is 10.1. The maximum Gasteiger partial charge on any atom is 0.332 e. The molecule has 5 rings (SSSR count). The number of morpholine rings is 1. The molecule has 4 aromatic rings. The van der Waals surface area contributed by atoms with Crippen LogP contribution in [0.1, 0.15) is 54.1 Å². The number of carbonyl (C=O) groups is 3. The third kappa shape index (κ3) is 4.91. The Morgan fingerprint density at radius 2 is 1.64 bits per heavy atom. The van der Waals surface area contributed by atoms with E-state index in [4.69, 9.17) is 9.57 Å². The summed E-state index contributed by atoms with van der Waals surface area (Å²) in [5.41, 5.74) is 2.71. The number of aromatic nitrogens is 2. The third-order valence-corrected chi connectivity index (χ3v) is 7.40. The van der Waals surface area contributed by atoms with Gasteiger partial charge in [-0.3, -0.25) is 14.5 Å². The van der Waals surface area contributed by atoms with E-state index in [9.17, 15) is 14.4 Å². The average molecular weight is 529 g/mol. The number of aryl methyl sites for hydroxylation is 1. The highest BCUT2D eigenvalue weighted by molar-refractivity contribution is 6.51. The molecule has 0 radical (unpaired) electrons. The van der Waals surface area contributed by atoms with E-state index in [1.165, 1.54) is 6.92 Å². The molecular formula is C30H32N4O5. The number of benzene rings is 2. The first-order chi connectivity index (χ1) is 18.7. The summed E-state index contributed by atoms with van der Waals surface area (Å²) >= 11 is 0. The van der Waals surface area contributed by atoms with Crippen LogP contribution in [0.2, 0.25) is 0 Å². The number of rotatable bonds is 8. The minimum atomic E-state index is -0.681. The molecule has 0 unspecified atom stereocenters. The van der Waals surface area contributed by atoms with Crippen molar-refractivity contribution in [2.75, 3.05) is 26.3 Å². The summed E-state index contributed by atoms with van der Waals surface area (Å²) in [4.78, 5) is 48.7. The lowest BCUT2D eigenvalue weighted by molar-refractivity contribution is -0.140. The van der Waals surface area contributed by atoms with Crippen molar-refractivity contribution < 1.29 is 24.0 Å². The summed E-state index contributed by atoms with van der Waals surface area (Å²) in [5, 5.41) is 5.59. The van der Waals surface area contributed by atoms with Gasteiger partial charge in [-0.25, -0.2) is 4.79 Å². The molecule has 1 N–H and O–H groups in total. The summed E-state index contributed by atoms with van der Waals surface area (Å²) in [7, 11) is 0. The molecule has 0 atom stereocenters. The van der Waals surface area contributed by atoms with Crippen LogP contribution in [0.4, 0.5) is 0 Å². The van der Waals surface area contributed by atoms with E-state index in [1.54, 1.807) is 24.4 Å². The Balaban J connectivity index is 1.59. The molecule has 1 aliphatic rings. The van der Waals surface area contributed by atoms with Crippen molar-refractivity contribution in [1.82, 2.24) is 14.5 Å². The van der Waals surface area contributed by atoms with E-state index in [-0.39, 0.29) is 11.5 Å². The highest BCUT2D eigenvalue weighted by Crippen LogP contribution is 2.32. The van der Waals surface area contributed by atoms with Crippen molar-refractivity contribution in [3.05, 3.63) is 71.5 Å². The largest absolute Gasteiger partial charge is 0.379 e. The van der Waals surface area contributed by atoms with Crippen molar-refractivity contribution in [1.29, 1.82) is 0 Å². The molecule has 202 valence electrons. The number of nitrogens with one attached hydrogen (secondary N) is 1. The standard InChI is InChI=1S/C30H32N4O5/c1-5-34-25-10-8-20(28(36)27(32-39-19(2)35)24-7-6-12-31-24)17-22(25)23-18-21(9-11-26(23)34)29(37)30(3,4)33-13-15-38-16-14-33/h6-12,17-18,31H,5,13-16H2,1-4H3/b32-27+. The van der Waals surface area contributed by atoms with Crippen molar-refractivity contribution in [2.24, 2.45) is 5.16 Å². The SMILES string of the molecule is CCn1c2ccc(C(=O)/C(=N/OC(C)=O)c3ccc[nH]3)cc2c2cc(C(=O)C(C)(C)N3CCOCC3)ccc21. The quantitative estimate of drug-likeness (QED) is 0.155. The fourth-order valence-corrected chi connectivity index (χ4v) is 5.28. The normalized spacial score (nSPS) is 15.1. The molecule has 1 aliphatic heterocycles. The molecule has 1 fully saturated rings. The predicted molar refractivity (Wildman–Crippen MR) is 149 cm³/mol. The van der Waals surface area contributed by atoms with Crippen LogP contribution in [-0.2, 0) is 20.9 Å². The lowest BCUT2D eigenvalue weighted by Gasteiger charge is -2.39. The Bertz CT molecular complexity index is 1590. The van der Waals surface area contributed by atoms with E-state index >= 15 is 0 Å². The van der Waals surface area contributed by atoms with Crippen molar-refractivity contribution >= 4 is 45.1 Å². The molecule has 0 bridgehead atoms. The molecule has 39 heavy (non-hydrogen) atoms. The van der Waals surface area contributed by atoms with E-state index in [0.29, 0.717) is 43.1 Å². The zero-order chi connectivity index (χ0) is 27.7. The van der Waals surface area contributed by atoms with Gasteiger partial charge in [0, 0.05) is 65.7 Å². The minimum absolute atomic E-state index is 0.00286. The number of hydrogen-bond donors (Lipinski definition) is 1. The van der Waals surface area contributed by atoms with E-state index in [2.05, 4.69) is 26.5 Å². The molecule has 3 heterocycles. The Morgan fingerprint density at radius 1 is 1.00 bits per heavy atom. The highest BCUT2D eigenvalue weighted by atomic mass is 16.7. The van der Waals surface area contributed by atoms with Gasteiger partial charge < -0.3 is 19.1 Å². The summed E-state index contributed by atoms with van der Waals surface area (Å²) in [5.74, 6) is -0.970. The molecule has 2 aromatic carbocycles.